The molecule has 2 nitrogen and oxygen atoms in total. The summed E-state index contributed by atoms with van der Waals surface area (Å²) in [5.74, 6) is 0.721. The zero-order valence-electron chi connectivity index (χ0n) is 9.79. The highest BCUT2D eigenvalue weighted by molar-refractivity contribution is 5.97. The molecule has 0 fully saturated rings. The van der Waals surface area contributed by atoms with E-state index in [1.165, 1.54) is 0 Å². The Kier molecular flexibility index (Phi) is 4.47. The molecular weight excluding hydrogens is 186 g/mol. The first-order valence-electron chi connectivity index (χ1n) is 5.65. The van der Waals surface area contributed by atoms with Crippen molar-refractivity contribution in [1.29, 1.82) is 0 Å². The zero-order valence-corrected chi connectivity index (χ0v) is 9.79. The number of nitrogens with zero attached hydrogens (tertiary/aromatic N) is 1. The van der Waals surface area contributed by atoms with E-state index in [1.807, 2.05) is 6.07 Å². The van der Waals surface area contributed by atoms with Crippen LogP contribution in [0.3, 0.4) is 0 Å². The molecule has 0 spiro atoms. The zero-order chi connectivity index (χ0) is 11.3. The van der Waals surface area contributed by atoms with Gasteiger partial charge in [-0.1, -0.05) is 27.2 Å². The molecule has 0 saturated carbocycles. The monoisotopic (exact) mass is 205 g/mol. The number of aromatic nitrogens is 1. The molecule has 0 aromatic carbocycles. The Morgan fingerprint density at radius 1 is 1.47 bits per heavy atom. The van der Waals surface area contributed by atoms with Gasteiger partial charge in [0.2, 0.25) is 0 Å². The highest BCUT2D eigenvalue weighted by Crippen LogP contribution is 2.15. The first-order chi connectivity index (χ1) is 7.19. The van der Waals surface area contributed by atoms with E-state index in [-0.39, 0.29) is 5.78 Å². The van der Waals surface area contributed by atoms with Gasteiger partial charge in [-0.05, 0) is 24.0 Å². The predicted octanol–water partition coefficient (Wildman–Crippen LogP) is 3.26. The van der Waals surface area contributed by atoms with Crippen LogP contribution in [-0.2, 0) is 6.42 Å². The Bertz CT molecular complexity index is 333. The van der Waals surface area contributed by atoms with E-state index >= 15 is 0 Å². The van der Waals surface area contributed by atoms with Crippen LogP contribution >= 0.6 is 0 Å². The minimum atomic E-state index is 0.253. The fourth-order valence-corrected chi connectivity index (χ4v) is 1.55. The van der Waals surface area contributed by atoms with Gasteiger partial charge in [0.15, 0.2) is 5.78 Å². The van der Waals surface area contributed by atoms with Crippen LogP contribution in [0.1, 0.15) is 49.5 Å². The topological polar surface area (TPSA) is 30.0 Å². The Hall–Kier alpha value is -1.18. The van der Waals surface area contributed by atoms with Crippen molar-refractivity contribution in [2.24, 2.45) is 5.92 Å². The number of ketones is 1. The summed E-state index contributed by atoms with van der Waals surface area (Å²) in [7, 11) is 0. The molecule has 1 aromatic heterocycles. The molecule has 1 rings (SSSR count). The molecule has 0 N–H and O–H groups in total. The van der Waals surface area contributed by atoms with E-state index in [1.54, 1.807) is 12.4 Å². The lowest BCUT2D eigenvalue weighted by molar-refractivity contribution is 0.0962. The van der Waals surface area contributed by atoms with Gasteiger partial charge in [0.25, 0.3) is 0 Å². The van der Waals surface area contributed by atoms with Crippen molar-refractivity contribution < 1.29 is 4.79 Å². The van der Waals surface area contributed by atoms with Crippen molar-refractivity contribution in [3.05, 3.63) is 29.6 Å². The summed E-state index contributed by atoms with van der Waals surface area (Å²) in [6, 6.07) is 1.84. The van der Waals surface area contributed by atoms with Gasteiger partial charge in [-0.25, -0.2) is 0 Å². The van der Waals surface area contributed by atoms with E-state index < -0.39 is 0 Å². The van der Waals surface area contributed by atoms with Crippen LogP contribution in [-0.4, -0.2) is 10.8 Å². The molecule has 2 heteroatoms. The SMILES string of the molecule is CCc1cnccc1C(=O)CC(C)CC. The fourth-order valence-electron chi connectivity index (χ4n) is 1.55. The number of hydrogen-bond acceptors (Lipinski definition) is 2. The lowest BCUT2D eigenvalue weighted by Gasteiger charge is -2.09. The molecule has 0 aliphatic rings. The molecule has 0 saturated heterocycles. The second-order valence-corrected chi connectivity index (χ2v) is 4.03. The minimum Gasteiger partial charge on any atom is -0.294 e. The van der Waals surface area contributed by atoms with Gasteiger partial charge in [-0.2, -0.15) is 0 Å². The first kappa shape index (κ1) is 11.9. The van der Waals surface area contributed by atoms with Crippen LogP contribution in [0.5, 0.6) is 0 Å². The second-order valence-electron chi connectivity index (χ2n) is 4.03. The van der Waals surface area contributed by atoms with Crippen LogP contribution in [0.4, 0.5) is 0 Å². The highest BCUT2D eigenvalue weighted by atomic mass is 16.1. The summed E-state index contributed by atoms with van der Waals surface area (Å²) in [5, 5.41) is 0. The van der Waals surface area contributed by atoms with Crippen LogP contribution in [0.25, 0.3) is 0 Å². The Morgan fingerprint density at radius 2 is 2.20 bits per heavy atom. The van der Waals surface area contributed by atoms with Gasteiger partial charge in [-0.3, -0.25) is 9.78 Å². The van der Waals surface area contributed by atoms with Crippen molar-refractivity contribution in [3.63, 3.8) is 0 Å². The van der Waals surface area contributed by atoms with Gasteiger partial charge < -0.3 is 0 Å². The molecule has 0 radical (unpaired) electrons. The van der Waals surface area contributed by atoms with Gasteiger partial charge in [0, 0.05) is 24.4 Å². The summed E-state index contributed by atoms with van der Waals surface area (Å²) in [6.07, 6.45) is 6.06. The Labute approximate surface area is 91.7 Å². The third-order valence-corrected chi connectivity index (χ3v) is 2.82. The molecule has 1 heterocycles. The Balaban J connectivity index is 2.81. The molecule has 1 atom stereocenters. The smallest absolute Gasteiger partial charge is 0.163 e. The number of hydrogen-bond donors (Lipinski definition) is 0. The summed E-state index contributed by atoms with van der Waals surface area (Å²) >= 11 is 0. The number of carbonyl (C=O) groups is 1. The van der Waals surface area contributed by atoms with Crippen molar-refractivity contribution >= 4 is 5.78 Å². The van der Waals surface area contributed by atoms with E-state index in [0.29, 0.717) is 12.3 Å². The van der Waals surface area contributed by atoms with E-state index in [4.69, 9.17) is 0 Å². The molecule has 0 aliphatic carbocycles. The van der Waals surface area contributed by atoms with Crippen molar-refractivity contribution in [1.82, 2.24) is 4.98 Å². The van der Waals surface area contributed by atoms with Gasteiger partial charge in [0.05, 0.1) is 0 Å². The average Bonchev–Trinajstić information content (AvgIpc) is 2.28. The van der Waals surface area contributed by atoms with Crippen molar-refractivity contribution in [2.45, 2.75) is 40.0 Å². The lowest BCUT2D eigenvalue weighted by atomic mass is 9.95. The number of pyridine rings is 1. The normalized spacial score (nSPS) is 12.5. The molecule has 1 unspecified atom stereocenters. The Morgan fingerprint density at radius 3 is 2.80 bits per heavy atom. The third-order valence-electron chi connectivity index (χ3n) is 2.82. The quantitative estimate of drug-likeness (QED) is 0.690. The van der Waals surface area contributed by atoms with Crippen molar-refractivity contribution in [2.75, 3.05) is 0 Å². The number of carbonyl (C=O) groups excluding carboxylic acids is 1. The second kappa shape index (κ2) is 5.64. The molecule has 0 bridgehead atoms. The van der Waals surface area contributed by atoms with E-state index in [2.05, 4.69) is 25.8 Å². The van der Waals surface area contributed by atoms with E-state index in [9.17, 15) is 4.79 Å². The number of rotatable bonds is 5. The first-order valence-corrected chi connectivity index (χ1v) is 5.65. The summed E-state index contributed by atoms with van der Waals surface area (Å²) in [5.41, 5.74) is 1.92. The maximum Gasteiger partial charge on any atom is 0.163 e. The van der Waals surface area contributed by atoms with Gasteiger partial charge >= 0.3 is 0 Å². The standard InChI is InChI=1S/C13H19NO/c1-4-10(3)8-13(15)12-6-7-14-9-11(12)5-2/h6-7,9-10H,4-5,8H2,1-3H3. The van der Waals surface area contributed by atoms with Crippen LogP contribution in [0.15, 0.2) is 18.5 Å². The maximum atomic E-state index is 12.0. The number of Topliss-reactive ketones (excluding diaryl/α,β-unsaturated/α-hetero) is 1. The third kappa shape index (κ3) is 3.15. The molecule has 0 aliphatic heterocycles. The van der Waals surface area contributed by atoms with Gasteiger partial charge in [-0.15, -0.1) is 0 Å². The van der Waals surface area contributed by atoms with Crippen LogP contribution in [0, 0.1) is 5.92 Å². The lowest BCUT2D eigenvalue weighted by Crippen LogP contribution is -2.08. The van der Waals surface area contributed by atoms with Gasteiger partial charge in [0.1, 0.15) is 0 Å². The van der Waals surface area contributed by atoms with E-state index in [0.717, 1.165) is 24.0 Å². The molecule has 82 valence electrons. The average molecular weight is 205 g/mol. The summed E-state index contributed by atoms with van der Waals surface area (Å²) < 4.78 is 0. The largest absolute Gasteiger partial charge is 0.294 e. The summed E-state index contributed by atoms with van der Waals surface area (Å²) in [4.78, 5) is 16.0. The van der Waals surface area contributed by atoms with Crippen LogP contribution < -0.4 is 0 Å². The maximum absolute atomic E-state index is 12.0. The molecule has 0 amide bonds. The van der Waals surface area contributed by atoms with Crippen LogP contribution in [0.2, 0.25) is 0 Å². The molecular formula is C13H19NO. The predicted molar refractivity (Wildman–Crippen MR) is 62.0 cm³/mol. The minimum absolute atomic E-state index is 0.253. The number of aryl methyl sites for hydroxylation is 1. The molecule has 15 heavy (non-hydrogen) atoms. The highest BCUT2D eigenvalue weighted by Gasteiger charge is 2.12. The summed E-state index contributed by atoms with van der Waals surface area (Å²) in [6.45, 7) is 6.28. The van der Waals surface area contributed by atoms with Crippen molar-refractivity contribution in [3.8, 4) is 0 Å². The fraction of sp³-hybridized carbons (Fsp3) is 0.538. The molecule has 1 aromatic rings.